The van der Waals surface area contributed by atoms with Crippen molar-refractivity contribution in [3.63, 3.8) is 0 Å². The lowest BCUT2D eigenvalue weighted by Gasteiger charge is -2.33. The second-order valence-electron chi connectivity index (χ2n) is 10.9. The fourth-order valence-corrected chi connectivity index (χ4v) is 6.31. The van der Waals surface area contributed by atoms with Crippen molar-refractivity contribution in [2.24, 2.45) is 0 Å². The van der Waals surface area contributed by atoms with Crippen LogP contribution in [-0.2, 0) is 16.4 Å². The number of rotatable bonds is 9. The van der Waals surface area contributed by atoms with Crippen LogP contribution in [0.2, 0.25) is 0 Å². The van der Waals surface area contributed by atoms with Crippen LogP contribution in [0, 0.1) is 5.82 Å². The zero-order chi connectivity index (χ0) is 29.3. The van der Waals surface area contributed by atoms with E-state index in [2.05, 4.69) is 10.4 Å². The highest BCUT2D eigenvalue weighted by Crippen LogP contribution is 2.40. The molecule has 1 saturated heterocycles. The highest BCUT2D eigenvalue weighted by molar-refractivity contribution is 7.88. The van der Waals surface area contributed by atoms with Crippen LogP contribution in [0.15, 0.2) is 79.1 Å². The highest BCUT2D eigenvalue weighted by Gasteiger charge is 2.37. The van der Waals surface area contributed by atoms with Crippen molar-refractivity contribution >= 4 is 15.9 Å². The molecule has 3 heterocycles. The topological polar surface area (TPSA) is 100 Å². The lowest BCUT2D eigenvalue weighted by atomic mass is 10.0. The maximum Gasteiger partial charge on any atom is 0.272 e. The number of aromatic nitrogens is 3. The monoisotopic (exact) mass is 588 g/mol. The summed E-state index contributed by atoms with van der Waals surface area (Å²) in [7, 11) is -3.30. The molecule has 2 aromatic heterocycles. The van der Waals surface area contributed by atoms with E-state index in [0.29, 0.717) is 42.9 Å². The molecule has 0 spiro atoms. The molecule has 42 heavy (non-hydrogen) atoms. The standard InChI is InChI=1S/C31H33FN6O3S/c1-42(40,41)37-17-15-36(16-18-37)31(39)30-20-22(11-13-33-29-21-27(29)23-3-7-25(32)8-4-23)19-28(35-30)24-5-9-26(10-6-24)38-14-2-12-34-38/h2-10,12,14,19-20,27,29,33H,11,13,15-18,21H2,1H3/t27-,29+/m0/s1. The van der Waals surface area contributed by atoms with Gasteiger partial charge in [0, 0.05) is 56.1 Å². The molecule has 0 bridgehead atoms. The molecule has 1 N–H and O–H groups in total. The Morgan fingerprint density at radius 1 is 1.02 bits per heavy atom. The number of piperazine rings is 1. The largest absolute Gasteiger partial charge is 0.335 e. The number of pyridine rings is 1. The molecule has 218 valence electrons. The SMILES string of the molecule is CS(=O)(=O)N1CCN(C(=O)c2cc(CCN[C@@H]3C[C@H]3c3ccc(F)cc3)cc(-c3ccc(-n4cccn4)cc3)n2)CC1. The normalized spacial score (nSPS) is 19.1. The molecule has 4 aromatic rings. The van der Waals surface area contributed by atoms with Gasteiger partial charge in [0.15, 0.2) is 0 Å². The van der Waals surface area contributed by atoms with E-state index in [1.807, 2.05) is 60.8 Å². The molecule has 2 aromatic carbocycles. The minimum absolute atomic E-state index is 0.203. The van der Waals surface area contributed by atoms with Gasteiger partial charge in [0.2, 0.25) is 10.0 Å². The third-order valence-electron chi connectivity index (χ3n) is 7.94. The van der Waals surface area contributed by atoms with Crippen LogP contribution in [0.1, 0.15) is 34.0 Å². The Kier molecular flexibility index (Phi) is 7.89. The van der Waals surface area contributed by atoms with Crippen LogP contribution in [0.5, 0.6) is 0 Å². The summed E-state index contributed by atoms with van der Waals surface area (Å²) in [5.74, 6) is -0.0448. The molecule has 1 saturated carbocycles. The van der Waals surface area contributed by atoms with E-state index in [4.69, 9.17) is 4.98 Å². The number of carbonyl (C=O) groups excluding carboxylic acids is 1. The Hall–Kier alpha value is -3.93. The molecular formula is C31H33FN6O3S. The molecule has 1 amide bonds. The maximum atomic E-state index is 13.6. The second kappa shape index (κ2) is 11.7. The van der Waals surface area contributed by atoms with Gasteiger partial charge in [-0.25, -0.2) is 22.5 Å². The van der Waals surface area contributed by atoms with Crippen molar-refractivity contribution in [2.45, 2.75) is 24.8 Å². The first-order valence-electron chi connectivity index (χ1n) is 14.1. The van der Waals surface area contributed by atoms with E-state index in [-0.39, 0.29) is 24.8 Å². The molecule has 0 radical (unpaired) electrons. The summed E-state index contributed by atoms with van der Waals surface area (Å²) < 4.78 is 40.3. The number of sulfonamides is 1. The highest BCUT2D eigenvalue weighted by atomic mass is 32.2. The number of halogens is 1. The van der Waals surface area contributed by atoms with E-state index < -0.39 is 10.0 Å². The van der Waals surface area contributed by atoms with Gasteiger partial charge in [-0.05, 0) is 73.0 Å². The number of amides is 1. The fraction of sp³-hybridized carbons (Fsp3) is 0.323. The average Bonchev–Trinajstić information content (AvgIpc) is 3.54. The van der Waals surface area contributed by atoms with Gasteiger partial charge < -0.3 is 10.2 Å². The van der Waals surface area contributed by atoms with Gasteiger partial charge in [0.25, 0.3) is 5.91 Å². The van der Waals surface area contributed by atoms with E-state index in [1.54, 1.807) is 15.8 Å². The van der Waals surface area contributed by atoms with Crippen LogP contribution in [0.25, 0.3) is 16.9 Å². The number of hydrogen-bond donors (Lipinski definition) is 1. The van der Waals surface area contributed by atoms with Crippen molar-refractivity contribution in [1.82, 2.24) is 29.3 Å². The summed E-state index contributed by atoms with van der Waals surface area (Å²) >= 11 is 0. The average molecular weight is 589 g/mol. The Morgan fingerprint density at radius 3 is 2.43 bits per heavy atom. The van der Waals surface area contributed by atoms with Crippen LogP contribution < -0.4 is 5.32 Å². The summed E-state index contributed by atoms with van der Waals surface area (Å²) in [6.07, 6.45) is 6.51. The first-order valence-corrected chi connectivity index (χ1v) is 15.9. The van der Waals surface area contributed by atoms with Crippen molar-refractivity contribution in [3.8, 4) is 16.9 Å². The Morgan fingerprint density at radius 2 is 1.76 bits per heavy atom. The van der Waals surface area contributed by atoms with E-state index in [0.717, 1.165) is 35.3 Å². The maximum absolute atomic E-state index is 13.6. The molecule has 0 unspecified atom stereocenters. The summed E-state index contributed by atoms with van der Waals surface area (Å²) in [4.78, 5) is 20.0. The third kappa shape index (κ3) is 6.43. The molecule has 1 aliphatic heterocycles. The van der Waals surface area contributed by atoms with Crippen LogP contribution in [0.3, 0.4) is 0 Å². The van der Waals surface area contributed by atoms with Crippen molar-refractivity contribution in [3.05, 3.63) is 102 Å². The third-order valence-corrected chi connectivity index (χ3v) is 9.24. The molecule has 2 fully saturated rings. The van der Waals surface area contributed by atoms with Crippen LogP contribution in [0.4, 0.5) is 4.39 Å². The van der Waals surface area contributed by atoms with Crippen LogP contribution >= 0.6 is 0 Å². The molecule has 1 aliphatic carbocycles. The molecule has 2 aliphatic rings. The van der Waals surface area contributed by atoms with Crippen LogP contribution in [-0.4, -0.2) is 83.3 Å². The van der Waals surface area contributed by atoms with E-state index in [1.165, 1.54) is 22.7 Å². The molecule has 2 atom stereocenters. The van der Waals surface area contributed by atoms with E-state index in [9.17, 15) is 17.6 Å². The zero-order valence-electron chi connectivity index (χ0n) is 23.4. The lowest BCUT2D eigenvalue weighted by Crippen LogP contribution is -2.50. The van der Waals surface area contributed by atoms with E-state index >= 15 is 0 Å². The van der Waals surface area contributed by atoms with Gasteiger partial charge in [0.05, 0.1) is 17.6 Å². The first-order chi connectivity index (χ1) is 20.2. The smallest absolute Gasteiger partial charge is 0.272 e. The second-order valence-corrected chi connectivity index (χ2v) is 12.9. The Balaban J connectivity index is 1.18. The summed E-state index contributed by atoms with van der Waals surface area (Å²) in [6.45, 7) is 1.91. The van der Waals surface area contributed by atoms with Gasteiger partial charge in [-0.1, -0.05) is 24.3 Å². The summed E-state index contributed by atoms with van der Waals surface area (Å²) in [5, 5.41) is 7.88. The first kappa shape index (κ1) is 28.2. The minimum Gasteiger partial charge on any atom is -0.335 e. The number of carbonyl (C=O) groups is 1. The van der Waals surface area contributed by atoms with Crippen molar-refractivity contribution in [1.29, 1.82) is 0 Å². The zero-order valence-corrected chi connectivity index (χ0v) is 24.2. The molecular weight excluding hydrogens is 555 g/mol. The predicted octanol–water partition coefficient (Wildman–Crippen LogP) is 3.48. The Bertz CT molecular complexity index is 1650. The number of benzene rings is 2. The van der Waals surface area contributed by atoms with Gasteiger partial charge in [-0.15, -0.1) is 0 Å². The summed E-state index contributed by atoms with van der Waals surface area (Å²) in [5.41, 5.74) is 4.98. The predicted molar refractivity (Wildman–Crippen MR) is 158 cm³/mol. The summed E-state index contributed by atoms with van der Waals surface area (Å²) in [6, 6.07) is 20.7. The number of nitrogens with zero attached hydrogens (tertiary/aromatic N) is 5. The van der Waals surface area contributed by atoms with Gasteiger partial charge in [-0.2, -0.15) is 9.40 Å². The molecule has 6 rings (SSSR count). The van der Waals surface area contributed by atoms with Gasteiger partial charge in [0.1, 0.15) is 11.5 Å². The Labute approximate surface area is 245 Å². The molecule has 11 heteroatoms. The van der Waals surface area contributed by atoms with Gasteiger partial charge in [-0.3, -0.25) is 4.79 Å². The number of nitrogens with one attached hydrogen (secondary N) is 1. The van der Waals surface area contributed by atoms with Crippen molar-refractivity contribution < 1.29 is 17.6 Å². The number of hydrogen-bond acceptors (Lipinski definition) is 6. The molecule has 9 nitrogen and oxygen atoms in total. The lowest BCUT2D eigenvalue weighted by molar-refractivity contribution is 0.0692. The van der Waals surface area contributed by atoms with Crippen molar-refractivity contribution in [2.75, 3.05) is 39.0 Å². The van der Waals surface area contributed by atoms with Gasteiger partial charge >= 0.3 is 0 Å². The fourth-order valence-electron chi connectivity index (χ4n) is 5.48. The minimum atomic E-state index is -3.30. The quantitative estimate of drug-likeness (QED) is 0.322.